The Hall–Kier alpha value is -6.64. The van der Waals surface area contributed by atoms with Gasteiger partial charge >= 0.3 is 0 Å². The fourth-order valence-corrected chi connectivity index (χ4v) is 7.48. The average molecular weight is 638 g/mol. The monoisotopic (exact) mass is 637 g/mol. The second-order valence-corrected chi connectivity index (χ2v) is 13.0. The molecule has 50 heavy (non-hydrogen) atoms. The molecule has 0 fully saturated rings. The van der Waals surface area contributed by atoms with E-state index in [0.717, 1.165) is 27.6 Å². The van der Waals surface area contributed by atoms with Crippen molar-refractivity contribution in [1.29, 1.82) is 0 Å². The van der Waals surface area contributed by atoms with Gasteiger partial charge in [-0.15, -0.1) is 0 Å². The lowest BCUT2D eigenvalue weighted by atomic mass is 9.99. The first-order valence-corrected chi connectivity index (χ1v) is 17.1. The topological polar surface area (TPSA) is 18.1 Å². The Kier molecular flexibility index (Phi) is 6.53. The molecular formula is C48H31NO. The summed E-state index contributed by atoms with van der Waals surface area (Å²) in [5, 5.41) is 4.81. The number of rotatable bonds is 5. The van der Waals surface area contributed by atoms with Gasteiger partial charge in [-0.25, -0.2) is 0 Å². The maximum Gasteiger partial charge on any atom is 0.135 e. The van der Waals surface area contributed by atoms with Crippen LogP contribution in [0.2, 0.25) is 0 Å². The first-order chi connectivity index (χ1) is 24.8. The van der Waals surface area contributed by atoms with Gasteiger partial charge in [-0.3, -0.25) is 0 Å². The maximum absolute atomic E-state index is 6.04. The highest BCUT2D eigenvalue weighted by Crippen LogP contribution is 2.37. The quantitative estimate of drug-likeness (QED) is 0.184. The van der Waals surface area contributed by atoms with Crippen LogP contribution in [0.1, 0.15) is 0 Å². The summed E-state index contributed by atoms with van der Waals surface area (Å²) in [5.74, 6) is 0. The van der Waals surface area contributed by atoms with Gasteiger partial charge in [0.15, 0.2) is 0 Å². The van der Waals surface area contributed by atoms with Crippen molar-refractivity contribution in [3.63, 3.8) is 0 Å². The van der Waals surface area contributed by atoms with Gasteiger partial charge < -0.3 is 8.98 Å². The first kappa shape index (κ1) is 28.4. The van der Waals surface area contributed by atoms with Crippen LogP contribution in [-0.4, -0.2) is 4.57 Å². The Bertz CT molecular complexity index is 2820. The van der Waals surface area contributed by atoms with E-state index in [1.807, 2.05) is 12.1 Å². The number of fused-ring (bicyclic) bond motifs is 6. The lowest BCUT2D eigenvalue weighted by Gasteiger charge is -2.10. The predicted molar refractivity (Wildman–Crippen MR) is 210 cm³/mol. The molecule has 0 saturated carbocycles. The summed E-state index contributed by atoms with van der Waals surface area (Å²) in [6.07, 6.45) is 0. The van der Waals surface area contributed by atoms with E-state index in [0.29, 0.717) is 0 Å². The molecule has 8 aromatic carbocycles. The van der Waals surface area contributed by atoms with E-state index in [1.54, 1.807) is 0 Å². The second-order valence-electron chi connectivity index (χ2n) is 13.0. The third kappa shape index (κ3) is 4.73. The minimum atomic E-state index is 0.921. The molecule has 0 aliphatic heterocycles. The Morgan fingerprint density at radius 1 is 0.280 bits per heavy atom. The zero-order valence-corrected chi connectivity index (χ0v) is 27.3. The molecule has 0 spiro atoms. The van der Waals surface area contributed by atoms with Crippen LogP contribution in [0.25, 0.3) is 93.9 Å². The summed E-state index contributed by atoms with van der Waals surface area (Å²) >= 11 is 0. The molecule has 0 unspecified atom stereocenters. The molecule has 0 saturated heterocycles. The van der Waals surface area contributed by atoms with E-state index in [-0.39, 0.29) is 0 Å². The van der Waals surface area contributed by atoms with Gasteiger partial charge in [0.2, 0.25) is 0 Å². The van der Waals surface area contributed by atoms with Gasteiger partial charge in [0.25, 0.3) is 0 Å². The Morgan fingerprint density at radius 2 is 0.720 bits per heavy atom. The molecule has 10 rings (SSSR count). The zero-order chi connectivity index (χ0) is 33.0. The minimum absolute atomic E-state index is 0.921. The van der Waals surface area contributed by atoms with Crippen LogP contribution in [-0.2, 0) is 0 Å². The highest BCUT2D eigenvalue weighted by Gasteiger charge is 2.14. The van der Waals surface area contributed by atoms with Gasteiger partial charge in [-0.2, -0.15) is 0 Å². The lowest BCUT2D eigenvalue weighted by Crippen LogP contribution is -1.93. The molecule has 10 aromatic rings. The Labute approximate surface area is 290 Å². The van der Waals surface area contributed by atoms with E-state index < -0.39 is 0 Å². The highest BCUT2D eigenvalue weighted by molar-refractivity contribution is 6.10. The predicted octanol–water partition coefficient (Wildman–Crippen LogP) is 13.4. The van der Waals surface area contributed by atoms with Crippen molar-refractivity contribution in [2.75, 3.05) is 0 Å². The third-order valence-corrected chi connectivity index (χ3v) is 10.1. The van der Waals surface area contributed by atoms with E-state index >= 15 is 0 Å². The van der Waals surface area contributed by atoms with Crippen LogP contribution in [0.15, 0.2) is 192 Å². The van der Waals surface area contributed by atoms with Crippen molar-refractivity contribution in [3.8, 4) is 50.2 Å². The molecule has 234 valence electrons. The zero-order valence-electron chi connectivity index (χ0n) is 27.3. The smallest absolute Gasteiger partial charge is 0.135 e. The molecule has 2 heterocycles. The van der Waals surface area contributed by atoms with Gasteiger partial charge in [0, 0.05) is 27.2 Å². The fourth-order valence-electron chi connectivity index (χ4n) is 7.48. The van der Waals surface area contributed by atoms with Crippen molar-refractivity contribution in [2.45, 2.75) is 0 Å². The van der Waals surface area contributed by atoms with Crippen molar-refractivity contribution < 1.29 is 4.42 Å². The fraction of sp³-hybridized carbons (Fsp3) is 0. The minimum Gasteiger partial charge on any atom is -0.456 e. The van der Waals surface area contributed by atoms with Gasteiger partial charge in [-0.05, 0) is 93.0 Å². The summed E-state index contributed by atoms with van der Waals surface area (Å²) in [6.45, 7) is 0. The highest BCUT2D eigenvalue weighted by atomic mass is 16.3. The summed E-state index contributed by atoms with van der Waals surface area (Å²) in [5.41, 5.74) is 15.1. The van der Waals surface area contributed by atoms with Crippen LogP contribution in [0.3, 0.4) is 0 Å². The van der Waals surface area contributed by atoms with Crippen LogP contribution in [0.5, 0.6) is 0 Å². The number of hydrogen-bond acceptors (Lipinski definition) is 1. The third-order valence-electron chi connectivity index (χ3n) is 10.1. The number of hydrogen-bond donors (Lipinski definition) is 0. The van der Waals surface area contributed by atoms with Gasteiger partial charge in [0.1, 0.15) is 11.2 Å². The molecule has 2 aromatic heterocycles. The van der Waals surface area contributed by atoms with E-state index in [4.69, 9.17) is 4.42 Å². The van der Waals surface area contributed by atoms with E-state index in [9.17, 15) is 0 Å². The molecule has 0 aliphatic rings. The van der Waals surface area contributed by atoms with Crippen molar-refractivity contribution >= 4 is 43.7 Å². The number of nitrogens with zero attached hydrogens (tertiary/aromatic N) is 1. The van der Waals surface area contributed by atoms with Gasteiger partial charge in [-0.1, -0.05) is 140 Å². The molecule has 0 radical (unpaired) electrons. The average Bonchev–Trinajstić information content (AvgIpc) is 3.73. The number of furan rings is 1. The standard InChI is InChI=1S/C48H31NO/c1-2-8-32(9-3-1)33-14-18-36(19-15-33)38-24-28-46-43(30-38)41-10-4-6-12-45(41)49(46)40-26-22-35(23-27-40)34-16-20-37(21-17-34)39-25-29-48-44(31-39)42-11-5-7-13-47(42)50-48/h1-31H. The lowest BCUT2D eigenvalue weighted by molar-refractivity contribution is 0.669. The summed E-state index contributed by atoms with van der Waals surface area (Å²) in [7, 11) is 0. The summed E-state index contributed by atoms with van der Waals surface area (Å²) < 4.78 is 8.43. The Morgan fingerprint density at radius 3 is 1.40 bits per heavy atom. The first-order valence-electron chi connectivity index (χ1n) is 17.1. The second kappa shape index (κ2) is 11.5. The number of benzene rings is 8. The summed E-state index contributed by atoms with van der Waals surface area (Å²) in [4.78, 5) is 0. The molecule has 0 atom stereocenters. The normalized spacial score (nSPS) is 11.6. The molecule has 0 amide bonds. The molecule has 0 bridgehead atoms. The van der Waals surface area contributed by atoms with Crippen molar-refractivity contribution in [3.05, 3.63) is 188 Å². The van der Waals surface area contributed by atoms with Crippen LogP contribution in [0, 0.1) is 0 Å². The number of para-hydroxylation sites is 2. The molecule has 2 heteroatoms. The van der Waals surface area contributed by atoms with Crippen LogP contribution < -0.4 is 0 Å². The largest absolute Gasteiger partial charge is 0.456 e. The van der Waals surface area contributed by atoms with Crippen LogP contribution >= 0.6 is 0 Å². The molecule has 0 N–H and O–H groups in total. The molecule has 0 aliphatic carbocycles. The van der Waals surface area contributed by atoms with Crippen molar-refractivity contribution in [2.24, 2.45) is 0 Å². The molecule has 2 nitrogen and oxygen atoms in total. The van der Waals surface area contributed by atoms with Crippen LogP contribution in [0.4, 0.5) is 0 Å². The van der Waals surface area contributed by atoms with E-state index in [1.165, 1.54) is 66.3 Å². The maximum atomic E-state index is 6.04. The van der Waals surface area contributed by atoms with Gasteiger partial charge in [0.05, 0.1) is 11.0 Å². The van der Waals surface area contributed by atoms with E-state index in [2.05, 4.69) is 180 Å². The summed E-state index contributed by atoms with van der Waals surface area (Å²) in [6, 6.07) is 67.5. The Balaban J connectivity index is 0.965. The number of aromatic nitrogens is 1. The SMILES string of the molecule is c1ccc(-c2ccc(-c3ccc4c(c3)c3ccccc3n4-c3ccc(-c4ccc(-c5ccc6oc7ccccc7c6c5)cc4)cc3)cc2)cc1. The molecular weight excluding hydrogens is 607 g/mol. The van der Waals surface area contributed by atoms with Crippen molar-refractivity contribution in [1.82, 2.24) is 4.57 Å².